The highest BCUT2D eigenvalue weighted by Crippen LogP contribution is 2.55. The summed E-state index contributed by atoms with van der Waals surface area (Å²) >= 11 is 23.3. The molecule has 1 aliphatic carbocycles. The number of hydrogen-bond acceptors (Lipinski definition) is 1. The van der Waals surface area contributed by atoms with Crippen LogP contribution in [0.3, 0.4) is 0 Å². The van der Waals surface area contributed by atoms with E-state index < -0.39 is 15.6 Å². The highest BCUT2D eigenvalue weighted by molar-refractivity contribution is 6.54. The van der Waals surface area contributed by atoms with Crippen molar-refractivity contribution in [2.45, 2.75) is 23.6 Å². The number of halogens is 4. The third kappa shape index (κ3) is 1.69. The molecule has 0 spiro atoms. The lowest BCUT2D eigenvalue weighted by Crippen LogP contribution is -2.62. The predicted octanol–water partition coefficient (Wildman–Crippen LogP) is 3.23. The number of Topliss-reactive ketones (excluding diaryl/α,β-unsaturated/α-hetero) is 1. The topological polar surface area (TPSA) is 17.1 Å². The molecule has 0 saturated heterocycles. The number of alkyl halides is 4. The summed E-state index contributed by atoms with van der Waals surface area (Å²) in [6, 6.07) is 0. The van der Waals surface area contributed by atoms with Gasteiger partial charge in [0.2, 0.25) is 0 Å². The van der Waals surface area contributed by atoms with Gasteiger partial charge in [0.15, 0.2) is 5.78 Å². The molecule has 0 heterocycles. The van der Waals surface area contributed by atoms with Crippen molar-refractivity contribution in [2.75, 3.05) is 5.88 Å². The molecule has 0 aromatic heterocycles. The lowest BCUT2D eigenvalue weighted by atomic mass is 9.59. The summed E-state index contributed by atoms with van der Waals surface area (Å²) in [5.41, 5.74) is -0.378. The summed E-state index contributed by atoms with van der Waals surface area (Å²) in [5.74, 6) is -0.555. The number of hydrogen-bond donors (Lipinski definition) is 0. The lowest BCUT2D eigenvalue weighted by molar-refractivity contribution is -0.139. The second-order valence-corrected chi connectivity index (χ2v) is 6.16. The van der Waals surface area contributed by atoms with Crippen molar-refractivity contribution in [3.8, 4) is 0 Å². The van der Waals surface area contributed by atoms with Crippen molar-refractivity contribution < 1.29 is 4.79 Å². The van der Waals surface area contributed by atoms with Crippen molar-refractivity contribution >= 4 is 52.2 Å². The van der Waals surface area contributed by atoms with Crippen molar-refractivity contribution in [3.63, 3.8) is 0 Å². The Hall–Kier alpha value is 0.830. The van der Waals surface area contributed by atoms with E-state index in [1.807, 2.05) is 13.8 Å². The normalized spacial score (nSPS) is 32.9. The second-order valence-electron chi connectivity index (χ2n) is 3.91. The minimum absolute atomic E-state index is 0.0273. The largest absolute Gasteiger partial charge is 0.298 e. The molecule has 2 unspecified atom stereocenters. The van der Waals surface area contributed by atoms with E-state index in [0.717, 1.165) is 0 Å². The van der Waals surface area contributed by atoms with E-state index in [9.17, 15) is 4.79 Å². The fourth-order valence-corrected chi connectivity index (χ4v) is 2.94. The van der Waals surface area contributed by atoms with Gasteiger partial charge in [0.05, 0.1) is 17.2 Å². The molecule has 13 heavy (non-hydrogen) atoms. The fraction of sp³-hybridized carbons (Fsp3) is 0.875. The standard InChI is InChI=1S/C8H10Cl4O/c1-7(2)5(4(13)6(7)10)8(11,12)3-9/h5-6H,3H2,1-2H3. The highest BCUT2D eigenvalue weighted by atomic mass is 35.5. The fourth-order valence-electron chi connectivity index (χ4n) is 1.76. The van der Waals surface area contributed by atoms with Gasteiger partial charge >= 0.3 is 0 Å². The maximum atomic E-state index is 11.4. The molecular weight excluding hydrogens is 254 g/mol. The molecule has 0 aliphatic heterocycles. The van der Waals surface area contributed by atoms with Gasteiger partial charge in [-0.05, 0) is 0 Å². The molecule has 0 radical (unpaired) electrons. The van der Waals surface area contributed by atoms with Gasteiger partial charge in [0, 0.05) is 5.41 Å². The van der Waals surface area contributed by atoms with Gasteiger partial charge in [-0.1, -0.05) is 37.0 Å². The molecule has 76 valence electrons. The first-order valence-corrected chi connectivity index (χ1v) is 5.59. The Morgan fingerprint density at radius 2 is 1.92 bits per heavy atom. The molecule has 0 aromatic carbocycles. The van der Waals surface area contributed by atoms with Crippen LogP contribution in [0.2, 0.25) is 0 Å². The smallest absolute Gasteiger partial charge is 0.157 e. The zero-order valence-corrected chi connectivity index (χ0v) is 10.3. The summed E-state index contributed by atoms with van der Waals surface area (Å²) in [6.07, 6.45) is 0. The van der Waals surface area contributed by atoms with Gasteiger partial charge in [-0.3, -0.25) is 4.79 Å². The molecule has 1 fully saturated rings. The Kier molecular flexibility index (Phi) is 3.15. The summed E-state index contributed by atoms with van der Waals surface area (Å²) in [7, 11) is 0. The van der Waals surface area contributed by atoms with E-state index in [1.165, 1.54) is 0 Å². The van der Waals surface area contributed by atoms with E-state index >= 15 is 0 Å². The molecule has 2 atom stereocenters. The molecule has 1 rings (SSSR count). The van der Waals surface area contributed by atoms with Crippen LogP contribution < -0.4 is 0 Å². The minimum atomic E-state index is -1.20. The molecule has 1 nitrogen and oxygen atoms in total. The molecule has 5 heteroatoms. The Morgan fingerprint density at radius 3 is 2.23 bits per heavy atom. The molecule has 0 aromatic rings. The van der Waals surface area contributed by atoms with Gasteiger partial charge in [-0.15, -0.1) is 23.2 Å². The molecule has 0 bridgehead atoms. The van der Waals surface area contributed by atoms with Crippen LogP contribution in [0.1, 0.15) is 13.8 Å². The Bertz CT molecular complexity index is 228. The lowest BCUT2D eigenvalue weighted by Gasteiger charge is -2.51. The van der Waals surface area contributed by atoms with Crippen molar-refractivity contribution in [3.05, 3.63) is 0 Å². The zero-order chi connectivity index (χ0) is 10.4. The third-order valence-corrected chi connectivity index (χ3v) is 4.71. The number of ketones is 1. The number of carbonyl (C=O) groups excluding carboxylic acids is 1. The number of rotatable bonds is 2. The van der Waals surface area contributed by atoms with E-state index in [-0.39, 0.29) is 17.1 Å². The first-order chi connectivity index (χ1) is 5.75. The van der Waals surface area contributed by atoms with Crippen molar-refractivity contribution in [2.24, 2.45) is 11.3 Å². The summed E-state index contributed by atoms with van der Waals surface area (Å²) in [6.45, 7) is 3.73. The average molecular weight is 264 g/mol. The molecular formula is C8H10Cl4O. The van der Waals surface area contributed by atoms with Gasteiger partial charge in [0.25, 0.3) is 0 Å². The monoisotopic (exact) mass is 262 g/mol. The third-order valence-electron chi connectivity index (χ3n) is 2.53. The van der Waals surface area contributed by atoms with Gasteiger partial charge < -0.3 is 0 Å². The number of carbonyl (C=O) groups is 1. The van der Waals surface area contributed by atoms with Crippen LogP contribution in [0, 0.1) is 11.3 Å². The molecule has 1 saturated carbocycles. The zero-order valence-electron chi connectivity index (χ0n) is 7.28. The highest BCUT2D eigenvalue weighted by Gasteiger charge is 2.62. The van der Waals surface area contributed by atoms with Crippen LogP contribution in [0.5, 0.6) is 0 Å². The maximum Gasteiger partial charge on any atom is 0.157 e. The van der Waals surface area contributed by atoms with Crippen LogP contribution in [0.15, 0.2) is 0 Å². The molecule has 1 aliphatic rings. The Labute approximate surface area is 97.7 Å². The summed E-state index contributed by atoms with van der Waals surface area (Å²) < 4.78 is -1.20. The summed E-state index contributed by atoms with van der Waals surface area (Å²) in [4.78, 5) is 11.4. The van der Waals surface area contributed by atoms with E-state index in [4.69, 9.17) is 46.4 Å². The molecule has 0 amide bonds. The maximum absolute atomic E-state index is 11.4. The Balaban J connectivity index is 2.90. The predicted molar refractivity (Wildman–Crippen MR) is 57.1 cm³/mol. The minimum Gasteiger partial charge on any atom is -0.298 e. The van der Waals surface area contributed by atoms with E-state index in [0.29, 0.717) is 0 Å². The van der Waals surface area contributed by atoms with Crippen LogP contribution in [-0.4, -0.2) is 21.4 Å². The first kappa shape index (κ1) is 11.9. The SMILES string of the molecule is CC1(C)C(Cl)C(=O)C1C(Cl)(Cl)CCl. The van der Waals surface area contributed by atoms with E-state index in [2.05, 4.69) is 0 Å². The second kappa shape index (κ2) is 3.44. The first-order valence-electron chi connectivity index (χ1n) is 3.86. The van der Waals surface area contributed by atoms with Crippen LogP contribution in [0.4, 0.5) is 0 Å². The summed E-state index contributed by atoms with van der Waals surface area (Å²) in [5, 5.41) is -0.502. The quantitative estimate of drug-likeness (QED) is 0.700. The van der Waals surface area contributed by atoms with E-state index in [1.54, 1.807) is 0 Å². The van der Waals surface area contributed by atoms with Crippen molar-refractivity contribution in [1.82, 2.24) is 0 Å². The van der Waals surface area contributed by atoms with Gasteiger partial charge in [-0.2, -0.15) is 0 Å². The van der Waals surface area contributed by atoms with Gasteiger partial charge in [0.1, 0.15) is 4.33 Å². The Morgan fingerprint density at radius 1 is 1.46 bits per heavy atom. The van der Waals surface area contributed by atoms with Gasteiger partial charge in [-0.25, -0.2) is 0 Å². The molecule has 0 N–H and O–H groups in total. The van der Waals surface area contributed by atoms with Crippen molar-refractivity contribution in [1.29, 1.82) is 0 Å². The van der Waals surface area contributed by atoms with Crippen LogP contribution >= 0.6 is 46.4 Å². The average Bonchev–Trinajstić information content (AvgIpc) is 2.03. The van der Waals surface area contributed by atoms with Crippen LogP contribution in [-0.2, 0) is 4.79 Å². The van der Waals surface area contributed by atoms with Crippen LogP contribution in [0.25, 0.3) is 0 Å².